The van der Waals surface area contributed by atoms with Crippen molar-refractivity contribution in [1.82, 2.24) is 9.78 Å². The maximum absolute atomic E-state index is 12.1. The van der Waals surface area contributed by atoms with Crippen LogP contribution in [-0.2, 0) is 20.9 Å². The molecule has 0 bridgehead atoms. The second kappa shape index (κ2) is 11.2. The van der Waals surface area contributed by atoms with Crippen molar-refractivity contribution in [3.63, 3.8) is 0 Å². The van der Waals surface area contributed by atoms with Crippen molar-refractivity contribution in [1.29, 1.82) is 5.26 Å². The van der Waals surface area contributed by atoms with E-state index in [0.717, 1.165) is 16.8 Å². The van der Waals surface area contributed by atoms with E-state index >= 15 is 0 Å². The second-order valence-corrected chi connectivity index (χ2v) is 8.48. The molecule has 2 aromatic carbocycles. The molecule has 0 aliphatic carbocycles. The van der Waals surface area contributed by atoms with Crippen LogP contribution in [0.15, 0.2) is 42.5 Å². The number of hydrogen-bond donors (Lipinski definition) is 1. The van der Waals surface area contributed by atoms with E-state index in [2.05, 4.69) is 10.4 Å². The number of amides is 1. The van der Waals surface area contributed by atoms with Gasteiger partial charge in [-0.1, -0.05) is 40.9 Å². The number of esters is 1. The SMILES string of the molecule is Cc1nn(Cc2c(Cl)cccc2Cl)c(C)c1/C=C/C(=O)OCC(=O)Nc1cc(Cl)ccc1C#N. The van der Waals surface area contributed by atoms with Gasteiger partial charge < -0.3 is 10.1 Å². The Bertz CT molecular complexity index is 1310. The Morgan fingerprint density at radius 2 is 1.88 bits per heavy atom. The number of carbonyl (C=O) groups excluding carboxylic acids is 2. The molecule has 0 atom stereocenters. The Kier molecular flexibility index (Phi) is 8.35. The zero-order chi connectivity index (χ0) is 24.8. The van der Waals surface area contributed by atoms with Crippen LogP contribution in [0.3, 0.4) is 0 Å². The van der Waals surface area contributed by atoms with Gasteiger partial charge in [0.15, 0.2) is 6.61 Å². The lowest BCUT2D eigenvalue weighted by atomic mass is 10.1. The third-order valence-electron chi connectivity index (χ3n) is 4.91. The van der Waals surface area contributed by atoms with Gasteiger partial charge in [-0.25, -0.2) is 4.79 Å². The Morgan fingerprint density at radius 1 is 1.18 bits per heavy atom. The number of benzene rings is 2. The van der Waals surface area contributed by atoms with Crippen molar-refractivity contribution in [3.8, 4) is 6.07 Å². The van der Waals surface area contributed by atoms with Crippen molar-refractivity contribution in [3.05, 3.63) is 85.6 Å². The largest absolute Gasteiger partial charge is 0.452 e. The summed E-state index contributed by atoms with van der Waals surface area (Å²) in [5, 5.41) is 17.6. The van der Waals surface area contributed by atoms with Crippen LogP contribution in [0.25, 0.3) is 6.08 Å². The molecule has 0 aliphatic rings. The van der Waals surface area contributed by atoms with E-state index in [1.165, 1.54) is 24.3 Å². The summed E-state index contributed by atoms with van der Waals surface area (Å²) in [6.45, 7) is 3.52. The standard InChI is InChI=1S/C24H19Cl3N4O3/c1-14-18(15(2)31(30-14)12-19-20(26)4-3-5-21(19)27)8-9-24(33)34-13-23(32)29-22-10-17(25)7-6-16(22)11-28/h3-10H,12-13H2,1-2H3,(H,29,32)/b9-8+. The molecule has 34 heavy (non-hydrogen) atoms. The number of ether oxygens (including phenoxy) is 1. The van der Waals surface area contributed by atoms with Gasteiger partial charge in [0.1, 0.15) is 6.07 Å². The number of nitriles is 1. The first-order valence-corrected chi connectivity index (χ1v) is 11.1. The van der Waals surface area contributed by atoms with Gasteiger partial charge in [-0.2, -0.15) is 10.4 Å². The molecule has 10 heteroatoms. The first-order valence-electron chi connectivity index (χ1n) is 10.0. The van der Waals surface area contributed by atoms with Crippen LogP contribution >= 0.6 is 34.8 Å². The highest BCUT2D eigenvalue weighted by Crippen LogP contribution is 2.26. The van der Waals surface area contributed by atoms with Crippen molar-refractivity contribution < 1.29 is 14.3 Å². The predicted octanol–water partition coefficient (Wildman–Crippen LogP) is 5.58. The summed E-state index contributed by atoms with van der Waals surface area (Å²) in [5.74, 6) is -1.31. The Hall–Kier alpha value is -3.31. The number of anilines is 1. The molecule has 174 valence electrons. The number of aryl methyl sites for hydroxylation is 1. The van der Waals surface area contributed by atoms with Crippen LogP contribution in [0.5, 0.6) is 0 Å². The van der Waals surface area contributed by atoms with Crippen molar-refractivity contribution in [2.24, 2.45) is 0 Å². The predicted molar refractivity (Wildman–Crippen MR) is 132 cm³/mol. The van der Waals surface area contributed by atoms with Gasteiger partial charge >= 0.3 is 5.97 Å². The normalized spacial score (nSPS) is 10.8. The Balaban J connectivity index is 1.62. The summed E-state index contributed by atoms with van der Waals surface area (Å²) in [6.07, 6.45) is 2.80. The lowest BCUT2D eigenvalue weighted by Gasteiger charge is -2.09. The number of aromatic nitrogens is 2. The molecule has 0 fully saturated rings. The van der Waals surface area contributed by atoms with Gasteiger partial charge in [-0.3, -0.25) is 9.48 Å². The van der Waals surface area contributed by atoms with E-state index in [9.17, 15) is 9.59 Å². The molecular formula is C24H19Cl3N4O3. The van der Waals surface area contributed by atoms with Gasteiger partial charge in [0.25, 0.3) is 5.91 Å². The smallest absolute Gasteiger partial charge is 0.331 e. The summed E-state index contributed by atoms with van der Waals surface area (Å²) in [4.78, 5) is 24.2. The fourth-order valence-electron chi connectivity index (χ4n) is 3.18. The maximum atomic E-state index is 12.1. The van der Waals surface area contributed by atoms with Crippen LogP contribution in [0.2, 0.25) is 15.1 Å². The molecule has 1 heterocycles. The van der Waals surface area contributed by atoms with Crippen LogP contribution in [0.4, 0.5) is 5.69 Å². The first kappa shape index (κ1) is 25.3. The number of nitrogens with one attached hydrogen (secondary N) is 1. The molecule has 0 spiro atoms. The Labute approximate surface area is 211 Å². The summed E-state index contributed by atoms with van der Waals surface area (Å²) < 4.78 is 6.75. The van der Waals surface area contributed by atoms with E-state index in [0.29, 0.717) is 27.3 Å². The highest BCUT2D eigenvalue weighted by Gasteiger charge is 2.14. The number of nitrogens with zero attached hydrogens (tertiary/aromatic N) is 3. The summed E-state index contributed by atoms with van der Waals surface area (Å²) in [5.41, 5.74) is 3.47. The quantitative estimate of drug-likeness (QED) is 0.326. The number of rotatable bonds is 7. The minimum Gasteiger partial charge on any atom is -0.452 e. The fraction of sp³-hybridized carbons (Fsp3) is 0.167. The minimum absolute atomic E-state index is 0.240. The average molecular weight is 518 g/mol. The van der Waals surface area contributed by atoms with Gasteiger partial charge in [0.05, 0.1) is 23.5 Å². The van der Waals surface area contributed by atoms with Crippen molar-refractivity contribution in [2.75, 3.05) is 11.9 Å². The minimum atomic E-state index is -0.706. The summed E-state index contributed by atoms with van der Waals surface area (Å²) >= 11 is 18.4. The molecule has 0 unspecified atom stereocenters. The van der Waals surface area contributed by atoms with Crippen molar-refractivity contribution in [2.45, 2.75) is 20.4 Å². The molecule has 0 saturated carbocycles. The topological polar surface area (TPSA) is 97.0 Å². The highest BCUT2D eigenvalue weighted by molar-refractivity contribution is 6.36. The van der Waals surface area contributed by atoms with E-state index < -0.39 is 18.5 Å². The lowest BCUT2D eigenvalue weighted by Crippen LogP contribution is -2.20. The molecule has 7 nitrogen and oxygen atoms in total. The molecule has 0 aliphatic heterocycles. The van der Waals surface area contributed by atoms with Crippen LogP contribution in [0, 0.1) is 25.2 Å². The fourth-order valence-corrected chi connectivity index (χ4v) is 3.87. The van der Waals surface area contributed by atoms with E-state index in [1.54, 1.807) is 29.0 Å². The van der Waals surface area contributed by atoms with Crippen LogP contribution in [0.1, 0.15) is 28.1 Å². The number of hydrogen-bond acceptors (Lipinski definition) is 5. The summed E-state index contributed by atoms with van der Waals surface area (Å²) in [7, 11) is 0. The highest BCUT2D eigenvalue weighted by atomic mass is 35.5. The average Bonchev–Trinajstić information content (AvgIpc) is 3.06. The first-order chi connectivity index (χ1) is 16.2. The molecule has 0 saturated heterocycles. The second-order valence-electron chi connectivity index (χ2n) is 7.23. The number of carbonyl (C=O) groups is 2. The van der Waals surface area contributed by atoms with Gasteiger partial charge in [-0.15, -0.1) is 0 Å². The molecule has 3 rings (SSSR count). The third kappa shape index (κ3) is 6.17. The maximum Gasteiger partial charge on any atom is 0.331 e. The molecule has 1 aromatic heterocycles. The van der Waals surface area contributed by atoms with Crippen LogP contribution < -0.4 is 5.32 Å². The van der Waals surface area contributed by atoms with E-state index in [4.69, 9.17) is 44.8 Å². The zero-order valence-corrected chi connectivity index (χ0v) is 20.5. The molecule has 1 N–H and O–H groups in total. The third-order valence-corrected chi connectivity index (χ3v) is 5.86. The molecular weight excluding hydrogens is 499 g/mol. The van der Waals surface area contributed by atoms with E-state index in [1.807, 2.05) is 19.9 Å². The molecule has 1 amide bonds. The monoisotopic (exact) mass is 516 g/mol. The van der Waals surface area contributed by atoms with Gasteiger partial charge in [-0.05, 0) is 50.3 Å². The zero-order valence-electron chi connectivity index (χ0n) is 18.2. The van der Waals surface area contributed by atoms with E-state index in [-0.39, 0.29) is 11.3 Å². The lowest BCUT2D eigenvalue weighted by molar-refractivity contribution is -0.142. The molecule has 0 radical (unpaired) electrons. The summed E-state index contributed by atoms with van der Waals surface area (Å²) in [6, 6.07) is 11.7. The van der Waals surface area contributed by atoms with Gasteiger partial charge in [0, 0.05) is 38.0 Å². The van der Waals surface area contributed by atoms with Gasteiger partial charge in [0.2, 0.25) is 0 Å². The Morgan fingerprint density at radius 3 is 2.56 bits per heavy atom. The van der Waals surface area contributed by atoms with Crippen molar-refractivity contribution >= 4 is 58.4 Å². The molecule has 3 aromatic rings. The van der Waals surface area contributed by atoms with Crippen LogP contribution in [-0.4, -0.2) is 28.3 Å². The number of halogens is 3.